The highest BCUT2D eigenvalue weighted by Crippen LogP contribution is 2.53. The second-order valence-electron chi connectivity index (χ2n) is 11.3. The van der Waals surface area contributed by atoms with Crippen LogP contribution in [0.5, 0.6) is 0 Å². The Kier molecular flexibility index (Phi) is 11.2. The Hall–Kier alpha value is -4.03. The van der Waals surface area contributed by atoms with Gasteiger partial charge in [0.1, 0.15) is 25.5 Å². The first-order chi connectivity index (χ1) is 21.5. The molecule has 0 aliphatic carbocycles. The lowest BCUT2D eigenvalue weighted by Gasteiger charge is -2.46. The minimum absolute atomic E-state index is 0.00257. The molecule has 2 saturated heterocycles. The zero-order chi connectivity index (χ0) is 32.8. The molecule has 0 saturated carbocycles. The van der Waals surface area contributed by atoms with Crippen LogP contribution in [0.1, 0.15) is 37.4 Å². The summed E-state index contributed by atoms with van der Waals surface area (Å²) in [4.78, 5) is 56.9. The van der Waals surface area contributed by atoms with Gasteiger partial charge in [-0.05, 0) is 24.5 Å². The van der Waals surface area contributed by atoms with Crippen molar-refractivity contribution in [3.8, 4) is 0 Å². The average molecular weight is 640 g/mol. The molecule has 6 atom stereocenters. The third-order valence-electron chi connectivity index (χ3n) is 8.17. The van der Waals surface area contributed by atoms with Crippen molar-refractivity contribution in [1.82, 2.24) is 14.7 Å². The first-order valence-corrected chi connectivity index (χ1v) is 15.7. The van der Waals surface area contributed by atoms with Crippen LogP contribution in [0, 0.1) is 11.8 Å². The summed E-state index contributed by atoms with van der Waals surface area (Å²) in [6.07, 6.45) is 3.24. The molecule has 4 rings (SSSR count). The summed E-state index contributed by atoms with van der Waals surface area (Å²) < 4.78 is 15.9. The molecule has 242 valence electrons. The van der Waals surface area contributed by atoms with E-state index in [0.717, 1.165) is 11.1 Å². The number of fused-ring (bicyclic) bond motifs is 1. The number of aliphatic hydroxyl groups excluding tert-OH is 1. The van der Waals surface area contributed by atoms with Gasteiger partial charge in [0.25, 0.3) is 0 Å². The lowest BCUT2D eigenvalue weighted by atomic mass is 9.79. The molecular formula is C33H41N3O8S. The highest BCUT2D eigenvalue weighted by atomic mass is 32.2. The number of benzene rings is 1. The van der Waals surface area contributed by atoms with Crippen LogP contribution in [-0.2, 0) is 30.3 Å². The summed E-state index contributed by atoms with van der Waals surface area (Å²) in [6, 6.07) is 7.00. The molecule has 0 spiro atoms. The number of hydrogen-bond donors (Lipinski definition) is 1. The number of amides is 3. The molecule has 11 nitrogen and oxygen atoms in total. The molecule has 0 bridgehead atoms. The highest BCUT2D eigenvalue weighted by molar-refractivity contribution is 8.03. The van der Waals surface area contributed by atoms with Crippen molar-refractivity contribution in [2.45, 2.75) is 50.3 Å². The van der Waals surface area contributed by atoms with E-state index in [1.165, 1.54) is 39.8 Å². The molecule has 3 aliphatic rings. The summed E-state index contributed by atoms with van der Waals surface area (Å²) in [5, 5.41) is 10.2. The molecule has 3 aliphatic heterocycles. The van der Waals surface area contributed by atoms with Gasteiger partial charge in [0.05, 0.1) is 24.1 Å². The molecule has 1 aromatic carbocycles. The molecule has 1 aromatic rings. The third kappa shape index (κ3) is 7.12. The Morgan fingerprint density at radius 2 is 1.69 bits per heavy atom. The maximum atomic E-state index is 13.2. The van der Waals surface area contributed by atoms with Crippen molar-refractivity contribution in [3.63, 3.8) is 0 Å². The van der Waals surface area contributed by atoms with E-state index in [9.17, 15) is 24.3 Å². The average Bonchev–Trinajstić information content (AvgIpc) is 3.54. The molecule has 1 N–H and O–H groups in total. The summed E-state index contributed by atoms with van der Waals surface area (Å²) in [5.74, 6) is -1.74. The number of aliphatic hydroxyl groups is 1. The van der Waals surface area contributed by atoms with Crippen LogP contribution in [0.3, 0.4) is 0 Å². The lowest BCUT2D eigenvalue weighted by molar-refractivity contribution is -0.164. The van der Waals surface area contributed by atoms with Crippen LogP contribution in [-0.4, -0.2) is 94.7 Å². The first kappa shape index (κ1) is 33.9. The predicted molar refractivity (Wildman–Crippen MR) is 170 cm³/mol. The minimum Gasteiger partial charge on any atom is -0.457 e. The van der Waals surface area contributed by atoms with E-state index in [-0.39, 0.29) is 54.7 Å². The second kappa shape index (κ2) is 14.8. The van der Waals surface area contributed by atoms with Crippen LogP contribution in [0.2, 0.25) is 0 Å². The van der Waals surface area contributed by atoms with E-state index >= 15 is 0 Å². The van der Waals surface area contributed by atoms with Crippen LogP contribution in [0.15, 0.2) is 72.8 Å². The second-order valence-corrected chi connectivity index (χ2v) is 12.7. The molecule has 2 fully saturated rings. The van der Waals surface area contributed by atoms with E-state index in [1.54, 1.807) is 18.9 Å². The van der Waals surface area contributed by atoms with Gasteiger partial charge in [-0.1, -0.05) is 69.2 Å². The van der Waals surface area contributed by atoms with Gasteiger partial charge in [0, 0.05) is 36.2 Å². The maximum absolute atomic E-state index is 13.2. The lowest BCUT2D eigenvalue weighted by Crippen LogP contribution is -2.63. The van der Waals surface area contributed by atoms with Crippen molar-refractivity contribution in [3.05, 3.63) is 84.0 Å². The number of β-lactam (4-membered cyclic amide) rings is 1. The maximum Gasteiger partial charge on any atom is 0.410 e. The Balaban J connectivity index is 1.57. The molecule has 0 radical (unpaired) electrons. The van der Waals surface area contributed by atoms with Crippen LogP contribution in [0.4, 0.5) is 9.59 Å². The molecule has 3 heterocycles. The van der Waals surface area contributed by atoms with E-state index in [4.69, 9.17) is 14.2 Å². The number of carbonyl (C=O) groups excluding carboxylic acids is 4. The zero-order valence-corrected chi connectivity index (χ0v) is 26.7. The largest absolute Gasteiger partial charge is 0.457 e. The van der Waals surface area contributed by atoms with E-state index in [2.05, 4.69) is 19.7 Å². The Morgan fingerprint density at radius 1 is 1.07 bits per heavy atom. The zero-order valence-electron chi connectivity index (χ0n) is 25.9. The van der Waals surface area contributed by atoms with Gasteiger partial charge in [-0.15, -0.1) is 11.8 Å². The number of likely N-dealkylation sites (tertiary alicyclic amines) is 1. The molecule has 0 aromatic heterocycles. The van der Waals surface area contributed by atoms with E-state index < -0.39 is 30.2 Å². The summed E-state index contributed by atoms with van der Waals surface area (Å²) >= 11 is 1.46. The fourth-order valence-corrected chi connectivity index (χ4v) is 7.61. The molecule has 45 heavy (non-hydrogen) atoms. The minimum atomic E-state index is -0.859. The Labute approximate surface area is 268 Å². The van der Waals surface area contributed by atoms with Gasteiger partial charge < -0.3 is 34.0 Å². The fourth-order valence-electron chi connectivity index (χ4n) is 6.09. The van der Waals surface area contributed by atoms with Crippen molar-refractivity contribution in [1.29, 1.82) is 0 Å². The standard InChI is InChI=1S/C33H41N3O8S/c1-7-14-42-31(39)28-29(20(4)27-26(21(5)37)30(38)36(27)28)45-24-17-25(35(19-24)33(41)44-16-9-3)23-12-10-22(11-13-23)18-34(6)32(40)43-15-8-2/h7-13,20-21,24-27,37H,1-3,14-19H2,4-6H3/t20-,21-,24+,25-,26-,27-/m1/s1. The van der Waals surface area contributed by atoms with Crippen molar-refractivity contribution < 1.29 is 38.5 Å². The van der Waals surface area contributed by atoms with E-state index in [1.807, 2.05) is 31.2 Å². The number of nitrogens with zero attached hydrogens (tertiary/aromatic N) is 3. The predicted octanol–water partition coefficient (Wildman–Crippen LogP) is 4.41. The smallest absolute Gasteiger partial charge is 0.410 e. The quantitative estimate of drug-likeness (QED) is 0.145. The van der Waals surface area contributed by atoms with Gasteiger partial charge in [0.15, 0.2) is 0 Å². The molecule has 12 heteroatoms. The van der Waals surface area contributed by atoms with E-state index in [0.29, 0.717) is 24.4 Å². The van der Waals surface area contributed by atoms with Gasteiger partial charge in [0.2, 0.25) is 5.91 Å². The van der Waals surface area contributed by atoms with Crippen LogP contribution < -0.4 is 0 Å². The highest BCUT2D eigenvalue weighted by Gasteiger charge is 2.60. The summed E-state index contributed by atoms with van der Waals surface area (Å²) in [5.41, 5.74) is 1.98. The SMILES string of the molecule is C=CCOC(=O)C1=C(S[C@H]2C[C@H](c3ccc(CN(C)C(=O)OCC=C)cc3)N(C(=O)OCC=C)C2)[C@H](C)[C@@H]2[C@@H]([C@@H](C)O)C(=O)N12. The first-order valence-electron chi connectivity index (χ1n) is 14.9. The van der Waals surface area contributed by atoms with Gasteiger partial charge in [-0.3, -0.25) is 4.79 Å². The Bertz CT molecular complexity index is 1360. The number of esters is 1. The number of rotatable bonds is 13. The van der Waals surface area contributed by atoms with Gasteiger partial charge in [-0.2, -0.15) is 0 Å². The van der Waals surface area contributed by atoms with Crippen LogP contribution >= 0.6 is 11.8 Å². The molecule has 3 amide bonds. The fraction of sp³-hybridized carbons (Fsp3) is 0.455. The van der Waals surface area contributed by atoms with Crippen molar-refractivity contribution in [2.75, 3.05) is 33.4 Å². The number of thioether (sulfide) groups is 1. The number of hydrogen-bond acceptors (Lipinski definition) is 9. The normalized spacial score (nSPS) is 24.4. The summed E-state index contributed by atoms with van der Waals surface area (Å²) in [6.45, 7) is 15.2. The van der Waals surface area contributed by atoms with Crippen molar-refractivity contribution in [2.24, 2.45) is 11.8 Å². The molecular weight excluding hydrogens is 598 g/mol. The Morgan fingerprint density at radius 3 is 2.31 bits per heavy atom. The van der Waals surface area contributed by atoms with Gasteiger partial charge >= 0.3 is 18.2 Å². The van der Waals surface area contributed by atoms with Crippen molar-refractivity contribution >= 4 is 35.8 Å². The topological polar surface area (TPSA) is 126 Å². The summed E-state index contributed by atoms with van der Waals surface area (Å²) in [7, 11) is 1.65. The number of ether oxygens (including phenoxy) is 3. The monoisotopic (exact) mass is 639 g/mol. The third-order valence-corrected chi connectivity index (χ3v) is 9.66. The molecule has 0 unspecified atom stereocenters. The number of carbonyl (C=O) groups is 4. The van der Waals surface area contributed by atoms with Gasteiger partial charge in [-0.25, -0.2) is 14.4 Å². The van der Waals surface area contributed by atoms with Crippen LogP contribution in [0.25, 0.3) is 0 Å².